The molecule has 34 heavy (non-hydrogen) atoms. The summed E-state index contributed by atoms with van der Waals surface area (Å²) in [5.74, 6) is 0.945. The SMILES string of the molecule is CCN(CC(=O)N1CCc2sccc2[C@@H]1COc1ccccc1C)C[C@H](O)Cc1ccccc1. The summed E-state index contributed by atoms with van der Waals surface area (Å²) in [6, 6.07) is 20.0. The predicted octanol–water partition coefficient (Wildman–Crippen LogP) is 4.49. The molecule has 0 fully saturated rings. The average molecular weight is 479 g/mol. The zero-order chi connectivity index (χ0) is 23.9. The zero-order valence-corrected chi connectivity index (χ0v) is 20.8. The first-order valence-corrected chi connectivity index (χ1v) is 12.9. The second-order valence-electron chi connectivity index (χ2n) is 8.90. The fraction of sp³-hybridized carbons (Fsp3) is 0.393. The van der Waals surface area contributed by atoms with Crippen molar-refractivity contribution in [1.29, 1.82) is 0 Å². The number of ether oxygens (including phenoxy) is 1. The highest BCUT2D eigenvalue weighted by molar-refractivity contribution is 7.10. The van der Waals surface area contributed by atoms with Crippen molar-refractivity contribution in [3.63, 3.8) is 0 Å². The lowest BCUT2D eigenvalue weighted by Gasteiger charge is -2.37. The maximum atomic E-state index is 13.5. The summed E-state index contributed by atoms with van der Waals surface area (Å²) in [7, 11) is 0. The minimum Gasteiger partial charge on any atom is -0.491 e. The summed E-state index contributed by atoms with van der Waals surface area (Å²) in [5.41, 5.74) is 3.39. The molecule has 2 atom stereocenters. The van der Waals surface area contributed by atoms with Gasteiger partial charge in [-0.05, 0) is 60.5 Å². The van der Waals surface area contributed by atoms with Crippen molar-refractivity contribution in [2.45, 2.75) is 38.8 Å². The van der Waals surface area contributed by atoms with Gasteiger partial charge in [0.25, 0.3) is 0 Å². The highest BCUT2D eigenvalue weighted by Crippen LogP contribution is 2.34. The van der Waals surface area contributed by atoms with E-state index in [0.717, 1.165) is 23.3 Å². The topological polar surface area (TPSA) is 53.0 Å². The molecule has 0 radical (unpaired) electrons. The first-order chi connectivity index (χ1) is 16.5. The number of fused-ring (bicyclic) bond motifs is 1. The Balaban J connectivity index is 1.41. The molecule has 1 aliphatic rings. The quantitative estimate of drug-likeness (QED) is 0.467. The Hall–Kier alpha value is -2.67. The molecular weight excluding hydrogens is 444 g/mol. The van der Waals surface area contributed by atoms with Crippen molar-refractivity contribution in [2.24, 2.45) is 0 Å². The van der Waals surface area contributed by atoms with Crippen LogP contribution in [0.5, 0.6) is 5.75 Å². The molecule has 0 aliphatic carbocycles. The summed E-state index contributed by atoms with van der Waals surface area (Å²) in [6.45, 7) is 6.67. The van der Waals surface area contributed by atoms with Gasteiger partial charge in [0.2, 0.25) is 5.91 Å². The van der Waals surface area contributed by atoms with E-state index in [2.05, 4.69) is 11.4 Å². The molecule has 1 amide bonds. The van der Waals surface area contributed by atoms with Gasteiger partial charge in [0.1, 0.15) is 12.4 Å². The Bertz CT molecular complexity index is 1070. The number of rotatable bonds is 10. The van der Waals surface area contributed by atoms with Crippen molar-refractivity contribution in [1.82, 2.24) is 9.80 Å². The average Bonchev–Trinajstić information content (AvgIpc) is 3.32. The molecule has 0 saturated carbocycles. The van der Waals surface area contributed by atoms with E-state index in [1.54, 1.807) is 11.3 Å². The lowest BCUT2D eigenvalue weighted by Crippen LogP contribution is -2.47. The van der Waals surface area contributed by atoms with E-state index in [9.17, 15) is 9.90 Å². The molecule has 6 heteroatoms. The molecule has 1 aliphatic heterocycles. The third kappa shape index (κ3) is 6.06. The lowest BCUT2D eigenvalue weighted by atomic mass is 10.00. The maximum absolute atomic E-state index is 13.5. The first kappa shape index (κ1) is 24.5. The Kier molecular flexibility index (Phi) is 8.38. The Morgan fingerprint density at radius 3 is 2.71 bits per heavy atom. The van der Waals surface area contributed by atoms with Crippen molar-refractivity contribution in [3.05, 3.63) is 87.6 Å². The third-order valence-corrected chi connectivity index (χ3v) is 7.49. The van der Waals surface area contributed by atoms with Crippen LogP contribution in [0.4, 0.5) is 0 Å². The summed E-state index contributed by atoms with van der Waals surface area (Å²) >= 11 is 1.76. The monoisotopic (exact) mass is 478 g/mol. The van der Waals surface area contributed by atoms with Crippen molar-refractivity contribution in [3.8, 4) is 5.75 Å². The van der Waals surface area contributed by atoms with Crippen LogP contribution in [0, 0.1) is 6.92 Å². The van der Waals surface area contributed by atoms with Crippen LogP contribution in [-0.4, -0.2) is 59.7 Å². The number of aliphatic hydroxyl groups is 1. The number of nitrogens with zero attached hydrogens (tertiary/aromatic N) is 2. The predicted molar refractivity (Wildman–Crippen MR) is 137 cm³/mol. The molecular formula is C28H34N2O3S. The fourth-order valence-electron chi connectivity index (χ4n) is 4.60. The van der Waals surface area contributed by atoms with Crippen LogP contribution >= 0.6 is 11.3 Å². The molecule has 5 nitrogen and oxygen atoms in total. The third-order valence-electron chi connectivity index (χ3n) is 6.49. The van der Waals surface area contributed by atoms with Crippen molar-refractivity contribution < 1.29 is 14.6 Å². The van der Waals surface area contributed by atoms with E-state index in [0.29, 0.717) is 39.2 Å². The zero-order valence-electron chi connectivity index (χ0n) is 20.0. The molecule has 0 unspecified atom stereocenters. The second-order valence-corrected chi connectivity index (χ2v) is 9.90. The number of carbonyl (C=O) groups is 1. The number of thiophene rings is 1. The smallest absolute Gasteiger partial charge is 0.237 e. The molecule has 0 bridgehead atoms. The van der Waals surface area contributed by atoms with E-state index in [-0.39, 0.29) is 11.9 Å². The molecule has 3 aromatic rings. The normalized spacial score (nSPS) is 16.4. The van der Waals surface area contributed by atoms with E-state index in [1.165, 1.54) is 10.4 Å². The number of amides is 1. The molecule has 2 heterocycles. The summed E-state index contributed by atoms with van der Waals surface area (Å²) in [4.78, 5) is 18.8. The summed E-state index contributed by atoms with van der Waals surface area (Å²) in [5, 5.41) is 12.7. The van der Waals surface area contributed by atoms with Crippen LogP contribution in [-0.2, 0) is 17.6 Å². The number of benzene rings is 2. The van der Waals surface area contributed by atoms with Gasteiger partial charge in [-0.1, -0.05) is 55.5 Å². The number of hydrogen-bond donors (Lipinski definition) is 1. The Morgan fingerprint density at radius 2 is 1.94 bits per heavy atom. The van der Waals surface area contributed by atoms with Crippen LogP contribution in [0.15, 0.2) is 66.0 Å². The second kappa shape index (κ2) is 11.6. The van der Waals surface area contributed by atoms with Crippen LogP contribution < -0.4 is 4.74 Å². The van der Waals surface area contributed by atoms with E-state index >= 15 is 0 Å². The van der Waals surface area contributed by atoms with Gasteiger partial charge < -0.3 is 14.7 Å². The highest BCUT2D eigenvalue weighted by Gasteiger charge is 2.33. The van der Waals surface area contributed by atoms with E-state index < -0.39 is 6.10 Å². The van der Waals surface area contributed by atoms with Crippen molar-refractivity contribution >= 4 is 17.2 Å². The highest BCUT2D eigenvalue weighted by atomic mass is 32.1. The first-order valence-electron chi connectivity index (χ1n) is 12.0. The molecule has 1 aromatic heterocycles. The van der Waals surface area contributed by atoms with Gasteiger partial charge in [0, 0.05) is 18.0 Å². The molecule has 1 N–H and O–H groups in total. The van der Waals surface area contributed by atoms with E-state index in [4.69, 9.17) is 4.74 Å². The molecule has 2 aromatic carbocycles. The molecule has 180 valence electrons. The number of hydrogen-bond acceptors (Lipinski definition) is 5. The van der Waals surface area contributed by atoms with Crippen LogP contribution in [0.2, 0.25) is 0 Å². The standard InChI is InChI=1S/C28H34N2O3S/c1-3-29(18-23(31)17-22-10-5-4-6-11-22)19-28(32)30-15-13-27-24(14-16-34-27)25(30)20-33-26-12-8-7-9-21(26)2/h4-12,14,16,23,25,31H,3,13,15,17-20H2,1-2H3/t23-,25+/m1/s1. The number of likely N-dealkylation sites (N-methyl/N-ethyl adjacent to an activating group) is 1. The Labute approximate surface area is 206 Å². The van der Waals surface area contributed by atoms with Gasteiger partial charge in [0.15, 0.2) is 0 Å². The van der Waals surface area contributed by atoms with Gasteiger partial charge in [0.05, 0.1) is 18.7 Å². The number of para-hydroxylation sites is 1. The lowest BCUT2D eigenvalue weighted by molar-refractivity contribution is -0.136. The summed E-state index contributed by atoms with van der Waals surface area (Å²) < 4.78 is 6.20. The minimum atomic E-state index is -0.514. The van der Waals surface area contributed by atoms with Gasteiger partial charge in [-0.2, -0.15) is 0 Å². The van der Waals surface area contributed by atoms with Gasteiger partial charge in [-0.15, -0.1) is 11.3 Å². The fourth-order valence-corrected chi connectivity index (χ4v) is 5.53. The molecule has 0 saturated heterocycles. The number of carbonyl (C=O) groups excluding carboxylic acids is 1. The number of aryl methyl sites for hydroxylation is 1. The largest absolute Gasteiger partial charge is 0.491 e. The van der Waals surface area contributed by atoms with Gasteiger partial charge in [-0.25, -0.2) is 0 Å². The van der Waals surface area contributed by atoms with Crippen LogP contribution in [0.25, 0.3) is 0 Å². The minimum absolute atomic E-state index is 0.0870. The number of aliphatic hydroxyl groups excluding tert-OH is 1. The van der Waals surface area contributed by atoms with E-state index in [1.807, 2.05) is 78.2 Å². The Morgan fingerprint density at radius 1 is 1.18 bits per heavy atom. The van der Waals surface area contributed by atoms with Gasteiger partial charge >= 0.3 is 0 Å². The maximum Gasteiger partial charge on any atom is 0.237 e. The van der Waals surface area contributed by atoms with Crippen molar-refractivity contribution in [2.75, 3.05) is 32.8 Å². The molecule has 0 spiro atoms. The van der Waals surface area contributed by atoms with Gasteiger partial charge in [-0.3, -0.25) is 9.69 Å². The van der Waals surface area contributed by atoms with Crippen LogP contribution in [0.3, 0.4) is 0 Å². The van der Waals surface area contributed by atoms with Crippen LogP contribution in [0.1, 0.15) is 34.5 Å². The summed E-state index contributed by atoms with van der Waals surface area (Å²) in [6.07, 6.45) is 0.947. The molecule has 4 rings (SSSR count).